The molecule has 0 atom stereocenters. The molecule has 0 fully saturated rings. The second-order valence-corrected chi connectivity index (χ2v) is 8.02. The predicted molar refractivity (Wildman–Crippen MR) is 78.2 cm³/mol. The molecule has 108 valence electrons. The average molecular weight is 314 g/mol. The maximum Gasteiger partial charge on any atom is 0.296 e. The minimum Gasteiger partial charge on any atom is -0.291 e. The van der Waals surface area contributed by atoms with Gasteiger partial charge in [0.25, 0.3) is 14.2 Å². The third kappa shape index (κ3) is 2.71. The minimum atomic E-state index is -3.96. The van der Waals surface area contributed by atoms with Gasteiger partial charge in [-0.1, -0.05) is 24.3 Å². The van der Waals surface area contributed by atoms with E-state index >= 15 is 0 Å². The van der Waals surface area contributed by atoms with Crippen molar-refractivity contribution in [2.45, 2.75) is 38.4 Å². The molecule has 0 N–H and O–H groups in total. The molecule has 7 heteroatoms. The lowest BCUT2D eigenvalue weighted by Crippen LogP contribution is -2.26. The van der Waals surface area contributed by atoms with Gasteiger partial charge in [-0.05, 0) is 33.3 Å². The van der Waals surface area contributed by atoms with E-state index in [-0.39, 0.29) is 5.16 Å². The van der Waals surface area contributed by atoms with Crippen LogP contribution >= 0.6 is 10.7 Å². The number of halogens is 1. The summed E-state index contributed by atoms with van der Waals surface area (Å²) in [5.74, 6) is 0.495. The molecule has 1 aromatic carbocycles. The number of hydrogen-bond donors (Lipinski definition) is 0. The second-order valence-electron chi connectivity index (χ2n) is 5.57. The van der Waals surface area contributed by atoms with Crippen LogP contribution in [0.4, 0.5) is 0 Å². The molecule has 1 heterocycles. The first-order valence-electron chi connectivity index (χ1n) is 6.09. The zero-order valence-electron chi connectivity index (χ0n) is 11.8. The number of aromatic nitrogens is 3. The largest absolute Gasteiger partial charge is 0.296 e. The summed E-state index contributed by atoms with van der Waals surface area (Å²) in [6.45, 7) is 7.57. The van der Waals surface area contributed by atoms with Gasteiger partial charge in [-0.25, -0.2) is 8.42 Å². The Balaban J connectivity index is 2.81. The Bertz CT molecular complexity index is 745. The van der Waals surface area contributed by atoms with E-state index in [1.807, 2.05) is 52.0 Å². The minimum absolute atomic E-state index is 0.232. The standard InChI is InChI=1S/C13H16ClN3O2S/c1-9-7-5-6-8-10(9)11-15-16-12(20(14,18)19)17(11)13(2,3)4/h5-8H,1-4H3. The Labute approximate surface area is 123 Å². The Morgan fingerprint density at radius 2 is 1.75 bits per heavy atom. The summed E-state index contributed by atoms with van der Waals surface area (Å²) < 4.78 is 24.9. The fourth-order valence-electron chi connectivity index (χ4n) is 2.03. The Morgan fingerprint density at radius 3 is 2.25 bits per heavy atom. The highest BCUT2D eigenvalue weighted by atomic mass is 35.7. The summed E-state index contributed by atoms with van der Waals surface area (Å²) in [4.78, 5) is 0. The molecule has 0 spiro atoms. The summed E-state index contributed by atoms with van der Waals surface area (Å²) in [5, 5.41) is 7.56. The fourth-order valence-corrected chi connectivity index (χ4v) is 3.05. The highest BCUT2D eigenvalue weighted by Gasteiger charge is 2.30. The molecular weight excluding hydrogens is 298 g/mol. The lowest BCUT2D eigenvalue weighted by Gasteiger charge is -2.24. The molecule has 0 bridgehead atoms. The summed E-state index contributed by atoms with van der Waals surface area (Å²) in [7, 11) is 1.50. The van der Waals surface area contributed by atoms with Crippen LogP contribution in [0.5, 0.6) is 0 Å². The van der Waals surface area contributed by atoms with Crippen LogP contribution in [-0.4, -0.2) is 23.2 Å². The van der Waals surface area contributed by atoms with Gasteiger partial charge in [0.2, 0.25) is 0 Å². The van der Waals surface area contributed by atoms with Crippen LogP contribution in [0, 0.1) is 6.92 Å². The first kappa shape index (κ1) is 15.0. The average Bonchev–Trinajstić information content (AvgIpc) is 2.73. The molecular formula is C13H16ClN3O2S. The van der Waals surface area contributed by atoms with E-state index in [0.29, 0.717) is 5.82 Å². The Hall–Kier alpha value is -1.40. The van der Waals surface area contributed by atoms with Crippen LogP contribution in [0.15, 0.2) is 29.4 Å². The van der Waals surface area contributed by atoms with Crippen LogP contribution in [0.1, 0.15) is 26.3 Å². The summed E-state index contributed by atoms with van der Waals surface area (Å²) in [6, 6.07) is 7.60. The predicted octanol–water partition coefficient (Wildman–Crippen LogP) is 2.94. The molecule has 0 aliphatic heterocycles. The van der Waals surface area contributed by atoms with Crippen LogP contribution < -0.4 is 0 Å². The van der Waals surface area contributed by atoms with Gasteiger partial charge in [0.1, 0.15) is 0 Å². The van der Waals surface area contributed by atoms with Crippen molar-refractivity contribution in [3.8, 4) is 11.4 Å². The maximum absolute atomic E-state index is 11.7. The van der Waals surface area contributed by atoms with E-state index < -0.39 is 14.6 Å². The zero-order valence-corrected chi connectivity index (χ0v) is 13.3. The molecule has 0 aliphatic carbocycles. The molecule has 2 rings (SSSR count). The molecule has 5 nitrogen and oxygen atoms in total. The lowest BCUT2D eigenvalue weighted by atomic mass is 10.1. The van der Waals surface area contributed by atoms with Gasteiger partial charge in [0.15, 0.2) is 5.82 Å². The van der Waals surface area contributed by atoms with Crippen LogP contribution in [0.25, 0.3) is 11.4 Å². The van der Waals surface area contributed by atoms with E-state index in [2.05, 4.69) is 10.2 Å². The molecule has 0 saturated carbocycles. The number of benzene rings is 1. The van der Waals surface area contributed by atoms with E-state index in [4.69, 9.17) is 10.7 Å². The van der Waals surface area contributed by atoms with Gasteiger partial charge in [-0.3, -0.25) is 4.57 Å². The van der Waals surface area contributed by atoms with Gasteiger partial charge in [0, 0.05) is 21.8 Å². The molecule has 0 unspecified atom stereocenters. The zero-order chi connectivity index (χ0) is 15.1. The van der Waals surface area contributed by atoms with Gasteiger partial charge < -0.3 is 0 Å². The highest BCUT2D eigenvalue weighted by Crippen LogP contribution is 2.30. The molecule has 0 amide bonds. The third-order valence-corrected chi connectivity index (χ3v) is 4.02. The van der Waals surface area contributed by atoms with Gasteiger partial charge in [-0.15, -0.1) is 10.2 Å². The van der Waals surface area contributed by atoms with Crippen molar-refractivity contribution in [1.82, 2.24) is 14.8 Å². The van der Waals surface area contributed by atoms with Crippen molar-refractivity contribution in [2.75, 3.05) is 0 Å². The van der Waals surface area contributed by atoms with Crippen molar-refractivity contribution in [2.24, 2.45) is 0 Å². The first-order chi connectivity index (χ1) is 9.12. The molecule has 0 saturated heterocycles. The van der Waals surface area contributed by atoms with Crippen molar-refractivity contribution >= 4 is 19.7 Å². The van der Waals surface area contributed by atoms with E-state index in [1.165, 1.54) is 0 Å². The lowest BCUT2D eigenvalue weighted by molar-refractivity contribution is 0.367. The summed E-state index contributed by atoms with van der Waals surface area (Å²) >= 11 is 0. The van der Waals surface area contributed by atoms with Crippen LogP contribution in [0.3, 0.4) is 0 Å². The molecule has 1 aromatic heterocycles. The normalized spacial score (nSPS) is 12.7. The first-order valence-corrected chi connectivity index (χ1v) is 8.40. The SMILES string of the molecule is Cc1ccccc1-c1nnc(S(=O)(=O)Cl)n1C(C)(C)C. The van der Waals surface area contributed by atoms with Gasteiger partial charge in [0.05, 0.1) is 0 Å². The van der Waals surface area contributed by atoms with Crippen LogP contribution in [-0.2, 0) is 14.6 Å². The molecule has 0 aliphatic rings. The van der Waals surface area contributed by atoms with E-state index in [0.717, 1.165) is 11.1 Å². The van der Waals surface area contributed by atoms with Crippen molar-refractivity contribution in [1.29, 1.82) is 0 Å². The topological polar surface area (TPSA) is 64.8 Å². The van der Waals surface area contributed by atoms with Crippen molar-refractivity contribution in [3.63, 3.8) is 0 Å². The Kier molecular flexibility index (Phi) is 3.64. The Morgan fingerprint density at radius 1 is 1.15 bits per heavy atom. The van der Waals surface area contributed by atoms with Gasteiger partial charge >= 0.3 is 0 Å². The maximum atomic E-state index is 11.7. The van der Waals surface area contributed by atoms with Crippen molar-refractivity contribution < 1.29 is 8.42 Å². The van der Waals surface area contributed by atoms with E-state index in [1.54, 1.807) is 4.57 Å². The fraction of sp³-hybridized carbons (Fsp3) is 0.385. The van der Waals surface area contributed by atoms with E-state index in [9.17, 15) is 8.42 Å². The van der Waals surface area contributed by atoms with Crippen LogP contribution in [0.2, 0.25) is 0 Å². The quantitative estimate of drug-likeness (QED) is 0.800. The molecule has 2 aromatic rings. The number of nitrogens with zero attached hydrogens (tertiary/aromatic N) is 3. The van der Waals surface area contributed by atoms with Gasteiger partial charge in [-0.2, -0.15) is 0 Å². The smallest absolute Gasteiger partial charge is 0.291 e. The number of rotatable bonds is 2. The number of hydrogen-bond acceptors (Lipinski definition) is 4. The second kappa shape index (κ2) is 4.86. The monoisotopic (exact) mass is 313 g/mol. The third-order valence-electron chi connectivity index (χ3n) is 2.91. The highest BCUT2D eigenvalue weighted by molar-refractivity contribution is 8.13. The number of aryl methyl sites for hydroxylation is 1. The summed E-state index contributed by atoms with van der Waals surface area (Å²) in [6.07, 6.45) is 0. The summed E-state index contributed by atoms with van der Waals surface area (Å²) in [5.41, 5.74) is 1.31. The molecule has 0 radical (unpaired) electrons. The molecule has 20 heavy (non-hydrogen) atoms. The van der Waals surface area contributed by atoms with Crippen molar-refractivity contribution in [3.05, 3.63) is 29.8 Å².